The molecule has 0 aliphatic heterocycles. The summed E-state index contributed by atoms with van der Waals surface area (Å²) in [4.78, 5) is 17.4. The zero-order chi connectivity index (χ0) is 9.84. The van der Waals surface area contributed by atoms with Gasteiger partial charge in [-0.15, -0.1) is 0 Å². The number of rotatable bonds is 3. The lowest BCUT2D eigenvalue weighted by Crippen LogP contribution is -2.28. The van der Waals surface area contributed by atoms with Gasteiger partial charge in [-0.3, -0.25) is 0 Å². The molecule has 0 aliphatic rings. The Hall–Kier alpha value is -1.53. The molecule has 70 valence electrons. The van der Waals surface area contributed by atoms with Crippen LogP contribution < -0.4 is 0 Å². The van der Waals surface area contributed by atoms with E-state index in [1.165, 1.54) is 18.5 Å². The predicted molar refractivity (Wildman–Crippen MR) is 40.6 cm³/mol. The molecule has 1 aromatic heterocycles. The first-order valence-corrected chi connectivity index (χ1v) is 3.49. The molecular formula is C7H8N2O4. The molecule has 2 unspecified atom stereocenters. The van der Waals surface area contributed by atoms with E-state index in [4.69, 9.17) is 10.2 Å². The van der Waals surface area contributed by atoms with Crippen LogP contribution in [0.25, 0.3) is 0 Å². The highest BCUT2D eigenvalue weighted by molar-refractivity contribution is 5.72. The topological polar surface area (TPSA) is 104 Å². The van der Waals surface area contributed by atoms with Crippen LogP contribution in [0.4, 0.5) is 0 Å². The number of aromatic nitrogens is 2. The van der Waals surface area contributed by atoms with Gasteiger partial charge in [0, 0.05) is 12.4 Å². The highest BCUT2D eigenvalue weighted by atomic mass is 16.4. The molecular weight excluding hydrogens is 176 g/mol. The van der Waals surface area contributed by atoms with E-state index in [-0.39, 0.29) is 5.82 Å². The summed E-state index contributed by atoms with van der Waals surface area (Å²) >= 11 is 0. The molecule has 6 nitrogen and oxygen atoms in total. The molecule has 1 heterocycles. The number of nitrogens with zero attached hydrogens (tertiary/aromatic N) is 2. The van der Waals surface area contributed by atoms with Gasteiger partial charge in [0.05, 0.1) is 0 Å². The van der Waals surface area contributed by atoms with Crippen LogP contribution in [0, 0.1) is 0 Å². The van der Waals surface area contributed by atoms with Crippen molar-refractivity contribution in [3.63, 3.8) is 0 Å². The lowest BCUT2D eigenvalue weighted by atomic mass is 10.2. The first-order chi connectivity index (χ1) is 6.13. The minimum atomic E-state index is -1.90. The Bertz CT molecular complexity index is 290. The summed E-state index contributed by atoms with van der Waals surface area (Å²) in [5, 5.41) is 26.5. The molecule has 1 rings (SSSR count). The van der Waals surface area contributed by atoms with E-state index in [0.29, 0.717) is 0 Å². The summed E-state index contributed by atoms with van der Waals surface area (Å²) in [6.07, 6.45) is -0.804. The number of hydrogen-bond donors (Lipinski definition) is 3. The first-order valence-electron chi connectivity index (χ1n) is 3.49. The number of aliphatic hydroxyl groups excluding tert-OH is 2. The second-order valence-electron chi connectivity index (χ2n) is 2.33. The summed E-state index contributed by atoms with van der Waals surface area (Å²) in [6.45, 7) is 0. The normalized spacial score (nSPS) is 14.9. The Kier molecular flexibility index (Phi) is 2.88. The molecule has 0 radical (unpaired) electrons. The van der Waals surface area contributed by atoms with Crippen molar-refractivity contribution in [1.82, 2.24) is 9.97 Å². The molecule has 0 amide bonds. The van der Waals surface area contributed by atoms with Crippen LogP contribution in [0.2, 0.25) is 0 Å². The van der Waals surface area contributed by atoms with E-state index in [9.17, 15) is 9.90 Å². The second-order valence-corrected chi connectivity index (χ2v) is 2.33. The first kappa shape index (κ1) is 9.56. The molecule has 0 fully saturated rings. The van der Waals surface area contributed by atoms with Crippen LogP contribution >= 0.6 is 0 Å². The van der Waals surface area contributed by atoms with Gasteiger partial charge in [-0.1, -0.05) is 0 Å². The molecule has 0 aliphatic carbocycles. The lowest BCUT2D eigenvalue weighted by molar-refractivity contribution is -0.153. The van der Waals surface area contributed by atoms with Crippen molar-refractivity contribution in [2.75, 3.05) is 0 Å². The summed E-state index contributed by atoms with van der Waals surface area (Å²) < 4.78 is 0. The van der Waals surface area contributed by atoms with Crippen LogP contribution in [0.1, 0.15) is 11.9 Å². The Labute approximate surface area is 73.5 Å². The molecule has 0 bridgehead atoms. The fourth-order valence-electron chi connectivity index (χ4n) is 0.740. The zero-order valence-electron chi connectivity index (χ0n) is 6.53. The Morgan fingerprint density at radius 1 is 1.31 bits per heavy atom. The summed E-state index contributed by atoms with van der Waals surface area (Å²) in [5.41, 5.74) is 0. The number of aliphatic hydroxyl groups is 2. The Balaban J connectivity index is 2.79. The quantitative estimate of drug-likeness (QED) is 0.554. The standard InChI is InChI=1S/C7H8N2O4/c10-4(5(11)7(12)13)6-8-2-1-3-9-6/h1-5,10-11H,(H,12,13). The van der Waals surface area contributed by atoms with Gasteiger partial charge in [0.25, 0.3) is 0 Å². The summed E-state index contributed by atoms with van der Waals surface area (Å²) in [5.74, 6) is -1.63. The van der Waals surface area contributed by atoms with Crippen molar-refractivity contribution < 1.29 is 20.1 Å². The molecule has 0 saturated carbocycles. The van der Waals surface area contributed by atoms with Gasteiger partial charge >= 0.3 is 5.97 Å². The number of aliphatic carboxylic acids is 1. The average molecular weight is 184 g/mol. The highest BCUT2D eigenvalue weighted by Gasteiger charge is 2.26. The monoisotopic (exact) mass is 184 g/mol. The van der Waals surface area contributed by atoms with Crippen molar-refractivity contribution in [2.45, 2.75) is 12.2 Å². The summed E-state index contributed by atoms with van der Waals surface area (Å²) in [6, 6.07) is 1.52. The predicted octanol–water partition coefficient (Wildman–Crippen LogP) is -1.04. The minimum absolute atomic E-state index is 0.114. The third-order valence-corrected chi connectivity index (χ3v) is 1.40. The maximum atomic E-state index is 10.2. The van der Waals surface area contributed by atoms with Gasteiger partial charge < -0.3 is 15.3 Å². The number of carbonyl (C=O) groups is 1. The molecule has 1 aromatic rings. The van der Waals surface area contributed by atoms with Gasteiger partial charge in [0.2, 0.25) is 0 Å². The molecule has 3 N–H and O–H groups in total. The number of carboxylic acids is 1. The van der Waals surface area contributed by atoms with Crippen molar-refractivity contribution in [2.24, 2.45) is 0 Å². The minimum Gasteiger partial charge on any atom is -0.479 e. The van der Waals surface area contributed by atoms with Crippen molar-refractivity contribution in [1.29, 1.82) is 0 Å². The molecule has 2 atom stereocenters. The maximum absolute atomic E-state index is 10.2. The molecule has 0 aromatic carbocycles. The molecule has 13 heavy (non-hydrogen) atoms. The SMILES string of the molecule is O=C(O)C(O)C(O)c1ncccn1. The molecule has 0 spiro atoms. The van der Waals surface area contributed by atoms with E-state index in [1.54, 1.807) is 0 Å². The van der Waals surface area contributed by atoms with Gasteiger partial charge in [0.15, 0.2) is 18.0 Å². The van der Waals surface area contributed by atoms with E-state index in [2.05, 4.69) is 9.97 Å². The lowest BCUT2D eigenvalue weighted by Gasteiger charge is -2.11. The van der Waals surface area contributed by atoms with E-state index in [0.717, 1.165) is 0 Å². The third-order valence-electron chi connectivity index (χ3n) is 1.40. The van der Waals surface area contributed by atoms with E-state index in [1.807, 2.05) is 0 Å². The number of carboxylic acid groups (broad SMARTS) is 1. The van der Waals surface area contributed by atoms with Crippen LogP contribution in [-0.2, 0) is 4.79 Å². The maximum Gasteiger partial charge on any atom is 0.335 e. The fraction of sp³-hybridized carbons (Fsp3) is 0.286. The fourth-order valence-corrected chi connectivity index (χ4v) is 0.740. The number of hydrogen-bond acceptors (Lipinski definition) is 5. The molecule has 6 heteroatoms. The van der Waals surface area contributed by atoms with Gasteiger partial charge in [0.1, 0.15) is 0 Å². The second kappa shape index (κ2) is 3.92. The van der Waals surface area contributed by atoms with Crippen LogP contribution in [0.3, 0.4) is 0 Å². The van der Waals surface area contributed by atoms with Crippen LogP contribution in [0.15, 0.2) is 18.5 Å². The summed E-state index contributed by atoms with van der Waals surface area (Å²) in [7, 11) is 0. The average Bonchev–Trinajstić information content (AvgIpc) is 2.17. The van der Waals surface area contributed by atoms with Gasteiger partial charge in [-0.2, -0.15) is 0 Å². The van der Waals surface area contributed by atoms with Crippen molar-refractivity contribution in [3.05, 3.63) is 24.3 Å². The van der Waals surface area contributed by atoms with Crippen molar-refractivity contribution in [3.8, 4) is 0 Å². The van der Waals surface area contributed by atoms with Crippen LogP contribution in [-0.4, -0.2) is 37.4 Å². The van der Waals surface area contributed by atoms with Gasteiger partial charge in [-0.05, 0) is 6.07 Å². The largest absolute Gasteiger partial charge is 0.479 e. The molecule has 0 saturated heterocycles. The highest BCUT2D eigenvalue weighted by Crippen LogP contribution is 2.10. The third kappa shape index (κ3) is 2.20. The zero-order valence-corrected chi connectivity index (χ0v) is 6.53. The van der Waals surface area contributed by atoms with Gasteiger partial charge in [-0.25, -0.2) is 14.8 Å². The Morgan fingerprint density at radius 2 is 1.85 bits per heavy atom. The Morgan fingerprint density at radius 3 is 2.31 bits per heavy atom. The van der Waals surface area contributed by atoms with E-state index < -0.39 is 18.2 Å². The van der Waals surface area contributed by atoms with Crippen LogP contribution in [0.5, 0.6) is 0 Å². The smallest absolute Gasteiger partial charge is 0.335 e. The van der Waals surface area contributed by atoms with E-state index >= 15 is 0 Å². The van der Waals surface area contributed by atoms with Crippen molar-refractivity contribution >= 4 is 5.97 Å².